The van der Waals surface area contributed by atoms with E-state index in [0.717, 1.165) is 33.7 Å². The van der Waals surface area contributed by atoms with Crippen LogP contribution in [0.2, 0.25) is 0 Å². The highest BCUT2D eigenvalue weighted by atomic mass is 28.2. The monoisotopic (exact) mass is 192 g/mol. The first kappa shape index (κ1) is 11.4. The standard InChI is InChI=1S/C7H20O2Si2/c1-4-8-6(3)7(10,11)9-5-2/h6H,4-5H2,1-3,10-11H3. The van der Waals surface area contributed by atoms with Crippen molar-refractivity contribution in [2.24, 2.45) is 0 Å². The molecule has 0 bridgehead atoms. The van der Waals surface area contributed by atoms with Crippen molar-refractivity contribution in [2.75, 3.05) is 13.2 Å². The largest absolute Gasteiger partial charge is 0.382 e. The molecule has 0 radical (unpaired) electrons. The molecule has 0 aliphatic carbocycles. The average molecular weight is 192 g/mol. The summed E-state index contributed by atoms with van der Waals surface area (Å²) in [5.41, 5.74) is 0. The van der Waals surface area contributed by atoms with Gasteiger partial charge in [0.25, 0.3) is 0 Å². The van der Waals surface area contributed by atoms with E-state index in [0.29, 0.717) is 0 Å². The van der Waals surface area contributed by atoms with Crippen LogP contribution in [0.15, 0.2) is 0 Å². The molecule has 0 fully saturated rings. The normalized spacial score (nSPS) is 19.9. The van der Waals surface area contributed by atoms with Gasteiger partial charge in [0.1, 0.15) is 0 Å². The second-order valence-electron chi connectivity index (χ2n) is 3.13. The lowest BCUT2D eigenvalue weighted by Gasteiger charge is -2.31. The molecule has 0 N–H and O–H groups in total. The number of ether oxygens (including phenoxy) is 2. The van der Waals surface area contributed by atoms with Crippen LogP contribution in [0.3, 0.4) is 0 Å². The van der Waals surface area contributed by atoms with Crippen LogP contribution in [0.25, 0.3) is 0 Å². The maximum absolute atomic E-state index is 5.64. The highest BCUT2D eigenvalue weighted by Crippen LogP contribution is 2.10. The molecule has 0 rings (SSSR count). The van der Waals surface area contributed by atoms with Crippen molar-refractivity contribution in [1.29, 1.82) is 0 Å². The molecule has 0 saturated carbocycles. The minimum atomic E-state index is 0.116. The molecule has 0 aromatic rings. The van der Waals surface area contributed by atoms with Gasteiger partial charge < -0.3 is 9.47 Å². The molecule has 0 aliphatic heterocycles. The van der Waals surface area contributed by atoms with Gasteiger partial charge in [0.05, 0.1) is 11.0 Å². The fraction of sp³-hybridized carbons (Fsp3) is 1.00. The van der Waals surface area contributed by atoms with Crippen LogP contribution in [0, 0.1) is 0 Å². The second kappa shape index (κ2) is 5.08. The Hall–Kier alpha value is 0.354. The molecule has 0 aliphatic rings. The molecule has 68 valence electrons. The molecule has 0 saturated heterocycles. The summed E-state index contributed by atoms with van der Waals surface area (Å²) in [6.45, 7) is 7.79. The van der Waals surface area contributed by atoms with E-state index >= 15 is 0 Å². The van der Waals surface area contributed by atoms with Crippen molar-refractivity contribution in [2.45, 2.75) is 31.7 Å². The summed E-state index contributed by atoms with van der Waals surface area (Å²) < 4.78 is 11.1. The van der Waals surface area contributed by atoms with Crippen molar-refractivity contribution in [3.8, 4) is 0 Å². The first-order valence-corrected chi connectivity index (χ1v) is 6.30. The van der Waals surface area contributed by atoms with Crippen LogP contribution in [0.5, 0.6) is 0 Å². The lowest BCUT2D eigenvalue weighted by atomic mass is 10.4. The minimum absolute atomic E-state index is 0.116. The second-order valence-corrected chi connectivity index (χ2v) is 9.11. The third-order valence-corrected chi connectivity index (χ3v) is 4.12. The summed E-state index contributed by atoms with van der Waals surface area (Å²) >= 11 is 0. The molecule has 0 heterocycles. The lowest BCUT2D eigenvalue weighted by Crippen LogP contribution is -2.46. The van der Waals surface area contributed by atoms with Gasteiger partial charge in [0.15, 0.2) is 0 Å². The lowest BCUT2D eigenvalue weighted by molar-refractivity contribution is -0.0421. The Labute approximate surface area is 75.5 Å². The van der Waals surface area contributed by atoms with Crippen molar-refractivity contribution >= 4 is 20.5 Å². The summed E-state index contributed by atoms with van der Waals surface area (Å²) in [7, 11) is 2.14. The summed E-state index contributed by atoms with van der Waals surface area (Å²) in [5.74, 6) is 0. The molecule has 0 amide bonds. The molecule has 2 nitrogen and oxygen atoms in total. The van der Waals surface area contributed by atoms with Gasteiger partial charge in [-0.3, -0.25) is 0 Å². The summed E-state index contributed by atoms with van der Waals surface area (Å²) in [6, 6.07) is 0. The maximum Gasteiger partial charge on any atom is 0.0757 e. The van der Waals surface area contributed by atoms with E-state index in [4.69, 9.17) is 9.47 Å². The van der Waals surface area contributed by atoms with E-state index in [9.17, 15) is 0 Å². The van der Waals surface area contributed by atoms with Crippen molar-refractivity contribution < 1.29 is 9.47 Å². The van der Waals surface area contributed by atoms with Crippen LogP contribution in [0.4, 0.5) is 0 Å². The molecule has 0 spiro atoms. The molecule has 4 heteroatoms. The number of rotatable bonds is 5. The summed E-state index contributed by atoms with van der Waals surface area (Å²) in [4.78, 5) is 0.116. The Morgan fingerprint density at radius 2 is 1.82 bits per heavy atom. The van der Waals surface area contributed by atoms with E-state index in [1.54, 1.807) is 0 Å². The van der Waals surface area contributed by atoms with Gasteiger partial charge in [-0.25, -0.2) is 0 Å². The molecular weight excluding hydrogens is 172 g/mol. The van der Waals surface area contributed by atoms with Gasteiger partial charge in [0.2, 0.25) is 0 Å². The van der Waals surface area contributed by atoms with Crippen LogP contribution in [0.1, 0.15) is 20.8 Å². The first-order chi connectivity index (χ1) is 5.04. The van der Waals surface area contributed by atoms with Crippen LogP contribution < -0.4 is 0 Å². The van der Waals surface area contributed by atoms with Gasteiger partial charge in [-0.15, -0.1) is 0 Å². The predicted molar refractivity (Wildman–Crippen MR) is 55.3 cm³/mol. The Kier molecular flexibility index (Phi) is 5.24. The van der Waals surface area contributed by atoms with Gasteiger partial charge in [-0.1, -0.05) is 0 Å². The van der Waals surface area contributed by atoms with E-state index < -0.39 is 0 Å². The van der Waals surface area contributed by atoms with E-state index in [1.807, 2.05) is 13.8 Å². The van der Waals surface area contributed by atoms with Gasteiger partial charge in [0, 0.05) is 33.7 Å². The average Bonchev–Trinajstić information content (AvgIpc) is 1.88. The zero-order valence-corrected chi connectivity index (χ0v) is 12.3. The molecular formula is C7H20O2Si2. The molecule has 0 aromatic heterocycles. The Morgan fingerprint density at radius 1 is 1.27 bits per heavy atom. The Morgan fingerprint density at radius 3 is 2.18 bits per heavy atom. The van der Waals surface area contributed by atoms with Crippen LogP contribution in [-0.2, 0) is 9.47 Å². The van der Waals surface area contributed by atoms with Gasteiger partial charge in [-0.2, -0.15) is 0 Å². The zero-order valence-electron chi connectivity index (χ0n) is 8.31. The Bertz CT molecular complexity index is 107. The zero-order chi connectivity index (χ0) is 8.91. The smallest absolute Gasteiger partial charge is 0.0757 e. The van der Waals surface area contributed by atoms with E-state index in [-0.39, 0.29) is 11.0 Å². The van der Waals surface area contributed by atoms with Gasteiger partial charge in [-0.05, 0) is 20.8 Å². The maximum atomic E-state index is 5.64. The van der Waals surface area contributed by atoms with Crippen molar-refractivity contribution in [3.63, 3.8) is 0 Å². The highest BCUT2D eigenvalue weighted by molar-refractivity contribution is 6.39. The van der Waals surface area contributed by atoms with Crippen molar-refractivity contribution in [1.82, 2.24) is 0 Å². The molecule has 1 unspecified atom stereocenters. The van der Waals surface area contributed by atoms with E-state index in [1.165, 1.54) is 0 Å². The number of hydrogen-bond donors (Lipinski definition) is 0. The third kappa shape index (κ3) is 4.05. The SMILES string of the molecule is CCOC(C)C([SiH3])([SiH3])OCC. The Balaban J connectivity index is 3.83. The fourth-order valence-corrected chi connectivity index (χ4v) is 1.85. The first-order valence-electron chi connectivity index (χ1n) is 4.30. The highest BCUT2D eigenvalue weighted by Gasteiger charge is 2.25. The fourth-order valence-electron chi connectivity index (χ4n) is 0.940. The predicted octanol–water partition coefficient (Wildman–Crippen LogP) is -1.17. The van der Waals surface area contributed by atoms with Gasteiger partial charge >= 0.3 is 0 Å². The molecule has 1 atom stereocenters. The third-order valence-electron chi connectivity index (χ3n) is 1.91. The van der Waals surface area contributed by atoms with Crippen LogP contribution in [-0.4, -0.2) is 44.7 Å². The molecule has 11 heavy (non-hydrogen) atoms. The quantitative estimate of drug-likeness (QED) is 0.511. The topological polar surface area (TPSA) is 18.5 Å². The van der Waals surface area contributed by atoms with Crippen molar-refractivity contribution in [3.05, 3.63) is 0 Å². The molecule has 0 aromatic carbocycles. The summed E-state index contributed by atoms with van der Waals surface area (Å²) in [6.07, 6.45) is 0.283. The number of hydrogen-bond acceptors (Lipinski definition) is 2. The van der Waals surface area contributed by atoms with Crippen LogP contribution >= 0.6 is 0 Å². The minimum Gasteiger partial charge on any atom is -0.382 e. The summed E-state index contributed by atoms with van der Waals surface area (Å²) in [5, 5.41) is 0. The van der Waals surface area contributed by atoms with E-state index in [2.05, 4.69) is 6.92 Å².